The molecule has 1 aliphatic heterocycles. The van der Waals surface area contributed by atoms with Gasteiger partial charge in [0.2, 0.25) is 0 Å². The minimum absolute atomic E-state index is 0.230. The van der Waals surface area contributed by atoms with Gasteiger partial charge in [0.05, 0.1) is 0 Å². The standard InChI is InChI=1S/C18H25NO2/c1-13(20)11-17-9-10-18(12-14(2)21)19(17)15(3)16-7-5-4-6-8-16/h4-8,15,17-18H,9-12H2,1-3H3/t15-,17-,18+/m1/s1. The number of Topliss-reactive ketones (excluding diaryl/α,β-unsaturated/α-hetero) is 2. The summed E-state index contributed by atoms with van der Waals surface area (Å²) in [5, 5.41) is 0. The first kappa shape index (κ1) is 15.9. The summed E-state index contributed by atoms with van der Waals surface area (Å²) in [6, 6.07) is 11.1. The van der Waals surface area contributed by atoms with Crippen molar-refractivity contribution in [2.45, 2.75) is 64.6 Å². The molecular formula is C18H25NO2. The van der Waals surface area contributed by atoms with Crippen molar-refractivity contribution in [3.63, 3.8) is 0 Å². The van der Waals surface area contributed by atoms with E-state index in [0.717, 1.165) is 12.8 Å². The molecule has 1 aromatic carbocycles. The van der Waals surface area contributed by atoms with Gasteiger partial charge in [0.15, 0.2) is 0 Å². The molecule has 0 aliphatic carbocycles. The molecule has 3 atom stereocenters. The number of carbonyl (C=O) groups excluding carboxylic acids is 2. The van der Waals surface area contributed by atoms with Crippen molar-refractivity contribution in [1.29, 1.82) is 0 Å². The fraction of sp³-hybridized carbons (Fsp3) is 0.556. The van der Waals surface area contributed by atoms with Crippen molar-refractivity contribution in [3.8, 4) is 0 Å². The highest BCUT2D eigenvalue weighted by molar-refractivity contribution is 5.77. The molecule has 1 aliphatic rings. The summed E-state index contributed by atoms with van der Waals surface area (Å²) in [5.41, 5.74) is 1.25. The second-order valence-corrected chi connectivity index (χ2v) is 6.23. The van der Waals surface area contributed by atoms with Gasteiger partial charge in [0.25, 0.3) is 0 Å². The molecule has 114 valence electrons. The molecule has 0 saturated carbocycles. The van der Waals surface area contributed by atoms with Crippen LogP contribution in [0.2, 0.25) is 0 Å². The SMILES string of the molecule is CC(=O)C[C@H]1CC[C@@H](CC(C)=O)N1[C@H](C)c1ccccc1. The van der Waals surface area contributed by atoms with Crippen LogP contribution in [0, 0.1) is 0 Å². The molecule has 0 N–H and O–H groups in total. The van der Waals surface area contributed by atoms with Crippen LogP contribution >= 0.6 is 0 Å². The van der Waals surface area contributed by atoms with E-state index < -0.39 is 0 Å². The summed E-state index contributed by atoms with van der Waals surface area (Å²) in [7, 11) is 0. The zero-order chi connectivity index (χ0) is 15.4. The van der Waals surface area contributed by atoms with E-state index in [1.54, 1.807) is 13.8 Å². The molecule has 0 unspecified atom stereocenters. The third-order valence-electron chi connectivity index (χ3n) is 4.45. The molecule has 0 amide bonds. The molecule has 1 heterocycles. The Kier molecular flexibility index (Phi) is 5.29. The first-order chi connectivity index (χ1) is 9.99. The van der Waals surface area contributed by atoms with E-state index in [1.807, 2.05) is 18.2 Å². The van der Waals surface area contributed by atoms with Gasteiger partial charge in [0.1, 0.15) is 11.6 Å². The quantitative estimate of drug-likeness (QED) is 0.803. The lowest BCUT2D eigenvalue weighted by Crippen LogP contribution is -2.39. The maximum atomic E-state index is 11.5. The summed E-state index contributed by atoms with van der Waals surface area (Å²) in [5.74, 6) is 0.461. The highest BCUT2D eigenvalue weighted by Gasteiger charge is 2.37. The second kappa shape index (κ2) is 6.99. The van der Waals surface area contributed by atoms with Gasteiger partial charge < -0.3 is 0 Å². The molecule has 1 aromatic rings. The Hall–Kier alpha value is -1.48. The van der Waals surface area contributed by atoms with Crippen LogP contribution < -0.4 is 0 Å². The normalized spacial score (nSPS) is 24.0. The highest BCUT2D eigenvalue weighted by Crippen LogP contribution is 2.36. The molecule has 1 saturated heterocycles. The predicted molar refractivity (Wildman–Crippen MR) is 84.1 cm³/mol. The largest absolute Gasteiger partial charge is 0.300 e. The van der Waals surface area contributed by atoms with Gasteiger partial charge in [0, 0.05) is 31.0 Å². The molecule has 2 rings (SSSR count). The summed E-state index contributed by atoms with van der Waals surface area (Å²) in [6.45, 7) is 5.49. The first-order valence-corrected chi connectivity index (χ1v) is 7.80. The Balaban J connectivity index is 2.22. The average molecular weight is 287 g/mol. The van der Waals surface area contributed by atoms with Crippen molar-refractivity contribution >= 4 is 11.6 Å². The van der Waals surface area contributed by atoms with E-state index in [2.05, 4.69) is 24.0 Å². The molecule has 0 aromatic heterocycles. The Morgan fingerprint density at radius 2 is 1.52 bits per heavy atom. The lowest BCUT2D eigenvalue weighted by atomic mass is 10.0. The monoisotopic (exact) mass is 287 g/mol. The zero-order valence-corrected chi connectivity index (χ0v) is 13.2. The van der Waals surface area contributed by atoms with Gasteiger partial charge in [-0.25, -0.2) is 0 Å². The number of carbonyl (C=O) groups is 2. The first-order valence-electron chi connectivity index (χ1n) is 7.80. The minimum atomic E-state index is 0.230. The van der Waals surface area contributed by atoms with Crippen molar-refractivity contribution in [2.75, 3.05) is 0 Å². The zero-order valence-electron chi connectivity index (χ0n) is 13.2. The number of ketones is 2. The topological polar surface area (TPSA) is 37.4 Å². The van der Waals surface area contributed by atoms with Crippen molar-refractivity contribution in [1.82, 2.24) is 4.90 Å². The van der Waals surface area contributed by atoms with E-state index in [9.17, 15) is 9.59 Å². The number of benzene rings is 1. The van der Waals surface area contributed by atoms with Crippen molar-refractivity contribution < 1.29 is 9.59 Å². The van der Waals surface area contributed by atoms with Gasteiger partial charge in [-0.2, -0.15) is 0 Å². The Morgan fingerprint density at radius 1 is 1.05 bits per heavy atom. The maximum absolute atomic E-state index is 11.5. The third-order valence-corrected chi connectivity index (χ3v) is 4.45. The fourth-order valence-electron chi connectivity index (χ4n) is 3.60. The van der Waals surface area contributed by atoms with Gasteiger partial charge >= 0.3 is 0 Å². The van der Waals surface area contributed by atoms with E-state index in [0.29, 0.717) is 12.8 Å². The van der Waals surface area contributed by atoms with Crippen LogP contribution in [-0.4, -0.2) is 28.6 Å². The predicted octanol–water partition coefficient (Wildman–Crippen LogP) is 3.54. The number of hydrogen-bond donors (Lipinski definition) is 0. The lowest BCUT2D eigenvalue weighted by Gasteiger charge is -2.35. The summed E-state index contributed by atoms with van der Waals surface area (Å²) < 4.78 is 0. The van der Waals surface area contributed by atoms with E-state index in [1.165, 1.54) is 5.56 Å². The Morgan fingerprint density at radius 3 is 1.95 bits per heavy atom. The van der Waals surface area contributed by atoms with Crippen LogP contribution in [0.5, 0.6) is 0 Å². The smallest absolute Gasteiger partial charge is 0.131 e. The Bertz CT molecular complexity index is 473. The van der Waals surface area contributed by atoms with Crippen LogP contribution in [0.15, 0.2) is 30.3 Å². The van der Waals surface area contributed by atoms with Crippen LogP contribution in [0.1, 0.15) is 58.1 Å². The molecule has 21 heavy (non-hydrogen) atoms. The third kappa shape index (κ3) is 4.01. The number of likely N-dealkylation sites (tertiary alicyclic amines) is 1. The fourth-order valence-corrected chi connectivity index (χ4v) is 3.60. The van der Waals surface area contributed by atoms with Crippen LogP contribution in [-0.2, 0) is 9.59 Å². The lowest BCUT2D eigenvalue weighted by molar-refractivity contribution is -0.118. The molecular weight excluding hydrogens is 262 g/mol. The van der Waals surface area contributed by atoms with Gasteiger partial charge in [-0.1, -0.05) is 30.3 Å². The average Bonchev–Trinajstić information content (AvgIpc) is 2.80. The minimum Gasteiger partial charge on any atom is -0.300 e. The number of hydrogen-bond acceptors (Lipinski definition) is 3. The van der Waals surface area contributed by atoms with Crippen LogP contribution in [0.4, 0.5) is 0 Å². The molecule has 3 heteroatoms. The maximum Gasteiger partial charge on any atom is 0.131 e. The van der Waals surface area contributed by atoms with E-state index in [4.69, 9.17) is 0 Å². The molecule has 3 nitrogen and oxygen atoms in total. The second-order valence-electron chi connectivity index (χ2n) is 6.23. The molecule has 0 radical (unpaired) electrons. The van der Waals surface area contributed by atoms with Gasteiger partial charge in [-0.05, 0) is 39.2 Å². The summed E-state index contributed by atoms with van der Waals surface area (Å²) >= 11 is 0. The summed E-state index contributed by atoms with van der Waals surface area (Å²) in [6.07, 6.45) is 3.19. The van der Waals surface area contributed by atoms with Crippen molar-refractivity contribution in [2.24, 2.45) is 0 Å². The van der Waals surface area contributed by atoms with Gasteiger partial charge in [-0.3, -0.25) is 14.5 Å². The molecule has 0 spiro atoms. The molecule has 1 fully saturated rings. The Labute approximate surface area is 127 Å². The van der Waals surface area contributed by atoms with Crippen LogP contribution in [0.3, 0.4) is 0 Å². The summed E-state index contributed by atoms with van der Waals surface area (Å²) in [4.78, 5) is 25.5. The van der Waals surface area contributed by atoms with E-state index >= 15 is 0 Å². The number of nitrogens with zero attached hydrogens (tertiary/aromatic N) is 1. The van der Waals surface area contributed by atoms with E-state index in [-0.39, 0.29) is 29.7 Å². The van der Waals surface area contributed by atoms with Gasteiger partial charge in [-0.15, -0.1) is 0 Å². The van der Waals surface area contributed by atoms with Crippen molar-refractivity contribution in [3.05, 3.63) is 35.9 Å². The van der Waals surface area contributed by atoms with Crippen LogP contribution in [0.25, 0.3) is 0 Å². The molecule has 0 bridgehead atoms. The number of rotatable bonds is 6. The highest BCUT2D eigenvalue weighted by atomic mass is 16.1.